The molecule has 0 saturated heterocycles. The van der Waals surface area contributed by atoms with E-state index in [1.807, 2.05) is 48.5 Å². The van der Waals surface area contributed by atoms with Gasteiger partial charge in [-0.2, -0.15) is 0 Å². The minimum Gasteiger partial charge on any atom is -0.357 e. The number of nitrogens with zero attached hydrogens (tertiary/aromatic N) is 1. The lowest BCUT2D eigenvalue weighted by Gasteiger charge is -2.28. The monoisotopic (exact) mass is 358 g/mol. The molecule has 25 heavy (non-hydrogen) atoms. The number of carbonyl (C=O) groups is 2. The second-order valence-electron chi connectivity index (χ2n) is 5.89. The van der Waals surface area contributed by atoms with Crippen LogP contribution in [0.1, 0.15) is 24.5 Å². The molecule has 2 aromatic carbocycles. The van der Waals surface area contributed by atoms with Gasteiger partial charge in [0.05, 0.1) is 0 Å². The van der Waals surface area contributed by atoms with Gasteiger partial charge in [0.15, 0.2) is 0 Å². The third kappa shape index (κ3) is 5.33. The first-order chi connectivity index (χ1) is 12.0. The van der Waals surface area contributed by atoms with Crippen LogP contribution in [0.4, 0.5) is 0 Å². The standard InChI is InChI=1S/C20H23ClN2O2/c1-15(20(25)22-2)23(14-17-10-6-7-11-18(17)21)19(24)13-12-16-8-4-3-5-9-16/h3-11,15H,12-14H2,1-2H3,(H,22,25)/t15-/m1/s1. The van der Waals surface area contributed by atoms with Crippen molar-refractivity contribution in [1.82, 2.24) is 10.2 Å². The van der Waals surface area contributed by atoms with Gasteiger partial charge < -0.3 is 10.2 Å². The molecule has 4 nitrogen and oxygen atoms in total. The molecule has 0 aromatic heterocycles. The van der Waals surface area contributed by atoms with Gasteiger partial charge >= 0.3 is 0 Å². The van der Waals surface area contributed by atoms with Gasteiger partial charge in [0, 0.05) is 25.0 Å². The van der Waals surface area contributed by atoms with Crippen LogP contribution in [0, 0.1) is 0 Å². The van der Waals surface area contributed by atoms with Crippen LogP contribution in [0.5, 0.6) is 0 Å². The number of likely N-dealkylation sites (N-methyl/N-ethyl adjacent to an activating group) is 1. The molecule has 0 radical (unpaired) electrons. The fourth-order valence-electron chi connectivity index (χ4n) is 2.64. The van der Waals surface area contributed by atoms with E-state index in [1.165, 1.54) is 0 Å². The van der Waals surface area contributed by atoms with E-state index in [0.717, 1.165) is 11.1 Å². The second-order valence-corrected chi connectivity index (χ2v) is 6.30. The van der Waals surface area contributed by atoms with Gasteiger partial charge in [-0.05, 0) is 30.5 Å². The van der Waals surface area contributed by atoms with Gasteiger partial charge in [0.2, 0.25) is 11.8 Å². The quantitative estimate of drug-likeness (QED) is 0.824. The zero-order valence-corrected chi connectivity index (χ0v) is 15.3. The van der Waals surface area contributed by atoms with Crippen molar-refractivity contribution in [3.63, 3.8) is 0 Å². The highest BCUT2D eigenvalue weighted by Crippen LogP contribution is 2.19. The van der Waals surface area contributed by atoms with Gasteiger partial charge in [-0.15, -0.1) is 0 Å². The Morgan fingerprint density at radius 3 is 2.36 bits per heavy atom. The smallest absolute Gasteiger partial charge is 0.242 e. The first kappa shape index (κ1) is 19.0. The predicted molar refractivity (Wildman–Crippen MR) is 100 cm³/mol. The number of nitrogens with one attached hydrogen (secondary N) is 1. The largest absolute Gasteiger partial charge is 0.357 e. The van der Waals surface area contributed by atoms with Crippen molar-refractivity contribution in [3.8, 4) is 0 Å². The summed E-state index contributed by atoms with van der Waals surface area (Å²) in [6, 6.07) is 16.6. The molecule has 0 fully saturated rings. The van der Waals surface area contributed by atoms with Crippen molar-refractivity contribution in [2.24, 2.45) is 0 Å². The highest BCUT2D eigenvalue weighted by Gasteiger charge is 2.25. The lowest BCUT2D eigenvalue weighted by atomic mass is 10.1. The molecule has 5 heteroatoms. The van der Waals surface area contributed by atoms with Crippen molar-refractivity contribution in [2.75, 3.05) is 7.05 Å². The number of hydrogen-bond acceptors (Lipinski definition) is 2. The number of benzene rings is 2. The Labute approximate surface area is 153 Å². The maximum absolute atomic E-state index is 12.8. The maximum Gasteiger partial charge on any atom is 0.242 e. The lowest BCUT2D eigenvalue weighted by molar-refractivity contribution is -0.140. The third-order valence-corrected chi connectivity index (χ3v) is 4.55. The predicted octanol–water partition coefficient (Wildman–Crippen LogP) is 3.44. The van der Waals surface area contributed by atoms with Crippen molar-refractivity contribution in [3.05, 3.63) is 70.7 Å². The summed E-state index contributed by atoms with van der Waals surface area (Å²) >= 11 is 6.23. The summed E-state index contributed by atoms with van der Waals surface area (Å²) in [5.74, 6) is -0.264. The van der Waals surface area contributed by atoms with E-state index in [-0.39, 0.29) is 11.8 Å². The molecule has 1 N–H and O–H groups in total. The number of hydrogen-bond donors (Lipinski definition) is 1. The van der Waals surface area contributed by atoms with Gasteiger partial charge in [0.1, 0.15) is 6.04 Å². The van der Waals surface area contributed by atoms with Gasteiger partial charge in [-0.1, -0.05) is 60.1 Å². The minimum atomic E-state index is -0.565. The molecular weight excluding hydrogens is 336 g/mol. The van der Waals surface area contributed by atoms with Crippen LogP contribution >= 0.6 is 11.6 Å². The molecule has 132 valence electrons. The second kappa shape index (κ2) is 9.23. The number of aryl methyl sites for hydroxylation is 1. The van der Waals surface area contributed by atoms with Crippen molar-refractivity contribution in [2.45, 2.75) is 32.4 Å². The summed E-state index contributed by atoms with van der Waals surface area (Å²) in [4.78, 5) is 26.5. The molecule has 0 aliphatic heterocycles. The number of halogens is 1. The number of carbonyl (C=O) groups excluding carboxylic acids is 2. The first-order valence-corrected chi connectivity index (χ1v) is 8.69. The number of amides is 2. The molecule has 1 atom stereocenters. The van der Waals surface area contributed by atoms with E-state index in [0.29, 0.717) is 24.4 Å². The first-order valence-electron chi connectivity index (χ1n) is 8.31. The topological polar surface area (TPSA) is 49.4 Å². The molecule has 0 unspecified atom stereocenters. The molecular formula is C20H23ClN2O2. The summed E-state index contributed by atoms with van der Waals surface area (Å²) < 4.78 is 0. The third-order valence-electron chi connectivity index (χ3n) is 4.18. The van der Waals surface area contributed by atoms with Crippen molar-refractivity contribution < 1.29 is 9.59 Å². The SMILES string of the molecule is CNC(=O)[C@@H](C)N(Cc1ccccc1Cl)C(=O)CCc1ccccc1. The molecule has 2 amide bonds. The Morgan fingerprint density at radius 2 is 1.72 bits per heavy atom. The highest BCUT2D eigenvalue weighted by molar-refractivity contribution is 6.31. The maximum atomic E-state index is 12.8. The summed E-state index contributed by atoms with van der Waals surface area (Å²) in [7, 11) is 1.57. The van der Waals surface area contributed by atoms with Crippen molar-refractivity contribution >= 4 is 23.4 Å². The Hall–Kier alpha value is -2.33. The van der Waals surface area contributed by atoms with Crippen LogP contribution in [-0.2, 0) is 22.6 Å². The molecule has 0 aliphatic carbocycles. The zero-order valence-electron chi connectivity index (χ0n) is 14.5. The van der Waals surface area contributed by atoms with E-state index in [9.17, 15) is 9.59 Å². The van der Waals surface area contributed by atoms with E-state index in [2.05, 4.69) is 5.32 Å². The fraction of sp³-hybridized carbons (Fsp3) is 0.300. The summed E-state index contributed by atoms with van der Waals surface area (Å²) in [6.07, 6.45) is 0.981. The van der Waals surface area contributed by atoms with E-state index >= 15 is 0 Å². The van der Waals surface area contributed by atoms with Crippen LogP contribution in [0.2, 0.25) is 5.02 Å². The lowest BCUT2D eigenvalue weighted by Crippen LogP contribution is -2.46. The van der Waals surface area contributed by atoms with Gasteiger partial charge in [-0.3, -0.25) is 9.59 Å². The van der Waals surface area contributed by atoms with Crippen molar-refractivity contribution in [1.29, 1.82) is 0 Å². The molecule has 0 aliphatic rings. The summed E-state index contributed by atoms with van der Waals surface area (Å²) in [5, 5.41) is 3.20. The summed E-state index contributed by atoms with van der Waals surface area (Å²) in [5.41, 5.74) is 1.93. The highest BCUT2D eigenvalue weighted by atomic mass is 35.5. The van der Waals surface area contributed by atoms with Crippen LogP contribution in [0.15, 0.2) is 54.6 Å². The molecule has 0 bridgehead atoms. The Balaban J connectivity index is 2.14. The minimum absolute atomic E-state index is 0.0696. The number of rotatable bonds is 7. The van der Waals surface area contributed by atoms with Crippen LogP contribution in [-0.4, -0.2) is 29.8 Å². The average molecular weight is 359 g/mol. The normalized spacial score (nSPS) is 11.6. The molecule has 2 rings (SSSR count). The molecule has 0 spiro atoms. The summed E-state index contributed by atoms with van der Waals surface area (Å²) in [6.45, 7) is 2.04. The Kier molecular flexibility index (Phi) is 7.02. The van der Waals surface area contributed by atoms with E-state index in [1.54, 1.807) is 24.9 Å². The van der Waals surface area contributed by atoms with Crippen LogP contribution in [0.3, 0.4) is 0 Å². The molecule has 0 saturated carbocycles. The van der Waals surface area contributed by atoms with Gasteiger partial charge in [0.25, 0.3) is 0 Å². The Bertz CT molecular complexity index is 719. The zero-order chi connectivity index (χ0) is 18.2. The van der Waals surface area contributed by atoms with Crippen LogP contribution < -0.4 is 5.32 Å². The molecule has 0 heterocycles. The van der Waals surface area contributed by atoms with Crippen LogP contribution in [0.25, 0.3) is 0 Å². The van der Waals surface area contributed by atoms with E-state index in [4.69, 9.17) is 11.6 Å². The Morgan fingerprint density at radius 1 is 1.08 bits per heavy atom. The van der Waals surface area contributed by atoms with E-state index < -0.39 is 6.04 Å². The van der Waals surface area contributed by atoms with Gasteiger partial charge in [-0.25, -0.2) is 0 Å². The molecule has 2 aromatic rings. The average Bonchev–Trinajstić information content (AvgIpc) is 2.65. The fourth-order valence-corrected chi connectivity index (χ4v) is 2.84.